The molecular weight excluding hydrogens is 278 g/mol. The molecule has 0 aliphatic heterocycles. The first kappa shape index (κ1) is 17.4. The minimum Gasteiger partial charge on any atom is -0.388 e. The fraction of sp³-hybridized carbons (Fsp3) is 0.923. The fourth-order valence-electron chi connectivity index (χ4n) is 2.79. The quantitative estimate of drug-likeness (QED) is 0.506. The SMILES string of the molecule is COCCN(CCC(=N)N)C1CCCC(S(C)(=O)=O)C1. The van der Waals surface area contributed by atoms with Crippen molar-refractivity contribution >= 4 is 15.7 Å². The van der Waals surface area contributed by atoms with E-state index in [0.29, 0.717) is 26.0 Å². The van der Waals surface area contributed by atoms with Crippen LogP contribution in [0.1, 0.15) is 32.1 Å². The molecule has 1 fully saturated rings. The molecule has 0 aromatic rings. The maximum atomic E-state index is 11.7. The summed E-state index contributed by atoms with van der Waals surface area (Å²) in [5.41, 5.74) is 5.42. The van der Waals surface area contributed by atoms with Crippen molar-refractivity contribution in [1.29, 1.82) is 5.41 Å². The van der Waals surface area contributed by atoms with Crippen LogP contribution in [0.25, 0.3) is 0 Å². The van der Waals surface area contributed by atoms with E-state index in [1.807, 2.05) is 0 Å². The van der Waals surface area contributed by atoms with Crippen molar-refractivity contribution < 1.29 is 13.2 Å². The number of hydrogen-bond donors (Lipinski definition) is 2. The number of amidine groups is 1. The van der Waals surface area contributed by atoms with Gasteiger partial charge in [0.1, 0.15) is 9.84 Å². The van der Waals surface area contributed by atoms with Gasteiger partial charge < -0.3 is 10.5 Å². The Bertz CT molecular complexity index is 411. The van der Waals surface area contributed by atoms with Gasteiger partial charge in [-0.3, -0.25) is 10.3 Å². The summed E-state index contributed by atoms with van der Waals surface area (Å²) in [5, 5.41) is 7.11. The van der Waals surface area contributed by atoms with Gasteiger partial charge in [-0.15, -0.1) is 0 Å². The van der Waals surface area contributed by atoms with Gasteiger partial charge in [0.2, 0.25) is 0 Å². The number of sulfone groups is 1. The average Bonchev–Trinajstić information content (AvgIpc) is 2.38. The van der Waals surface area contributed by atoms with Crippen molar-refractivity contribution in [3.05, 3.63) is 0 Å². The highest BCUT2D eigenvalue weighted by Crippen LogP contribution is 2.27. The van der Waals surface area contributed by atoms with Crippen molar-refractivity contribution in [2.75, 3.05) is 33.1 Å². The maximum Gasteiger partial charge on any atom is 0.150 e. The highest BCUT2D eigenvalue weighted by molar-refractivity contribution is 7.91. The van der Waals surface area contributed by atoms with E-state index in [1.165, 1.54) is 6.26 Å². The second-order valence-corrected chi connectivity index (χ2v) is 7.90. The minimum atomic E-state index is -2.97. The maximum absolute atomic E-state index is 11.7. The number of nitrogens with zero attached hydrogens (tertiary/aromatic N) is 1. The Morgan fingerprint density at radius 1 is 1.40 bits per heavy atom. The van der Waals surface area contributed by atoms with Gasteiger partial charge in [-0.05, 0) is 19.3 Å². The summed E-state index contributed by atoms with van der Waals surface area (Å²) in [6.45, 7) is 2.06. The predicted octanol–water partition coefficient (Wildman–Crippen LogP) is 0.617. The number of nitrogens with one attached hydrogen (secondary N) is 1. The molecule has 2 atom stereocenters. The molecule has 2 unspecified atom stereocenters. The number of ether oxygens (including phenoxy) is 1. The summed E-state index contributed by atoms with van der Waals surface area (Å²) in [6, 6.07) is 0.248. The molecular formula is C13H27N3O3S. The van der Waals surface area contributed by atoms with Gasteiger partial charge in [-0.1, -0.05) is 6.42 Å². The number of rotatable bonds is 8. The van der Waals surface area contributed by atoms with Crippen molar-refractivity contribution in [2.24, 2.45) is 5.73 Å². The molecule has 6 nitrogen and oxygen atoms in total. The van der Waals surface area contributed by atoms with Crippen LogP contribution in [0, 0.1) is 5.41 Å². The normalized spacial score (nSPS) is 23.9. The molecule has 0 amide bonds. The smallest absolute Gasteiger partial charge is 0.150 e. The number of nitrogens with two attached hydrogens (primary N) is 1. The molecule has 0 heterocycles. The van der Waals surface area contributed by atoms with E-state index < -0.39 is 9.84 Å². The van der Waals surface area contributed by atoms with E-state index >= 15 is 0 Å². The zero-order valence-electron chi connectivity index (χ0n) is 12.5. The lowest BCUT2D eigenvalue weighted by atomic mass is 9.93. The minimum absolute atomic E-state index is 0.169. The first-order valence-electron chi connectivity index (χ1n) is 7.09. The summed E-state index contributed by atoms with van der Waals surface area (Å²) in [4.78, 5) is 2.22. The molecule has 0 spiro atoms. The van der Waals surface area contributed by atoms with Crippen molar-refractivity contribution in [1.82, 2.24) is 4.90 Å². The molecule has 3 N–H and O–H groups in total. The van der Waals surface area contributed by atoms with Gasteiger partial charge in [0.05, 0.1) is 17.7 Å². The van der Waals surface area contributed by atoms with Crippen LogP contribution >= 0.6 is 0 Å². The molecule has 1 saturated carbocycles. The van der Waals surface area contributed by atoms with Crippen LogP contribution in [-0.4, -0.2) is 63.5 Å². The standard InChI is InChI=1S/C13H27N3O3S/c1-19-9-8-16(7-6-13(14)15)11-4-3-5-12(10-11)20(2,17)18/h11-12H,3-10H2,1-2H3,(H3,14,15). The van der Waals surface area contributed by atoms with Crippen molar-refractivity contribution in [2.45, 2.75) is 43.4 Å². The molecule has 1 aliphatic carbocycles. The lowest BCUT2D eigenvalue weighted by Gasteiger charge is -2.37. The van der Waals surface area contributed by atoms with Gasteiger partial charge >= 0.3 is 0 Å². The Hall–Kier alpha value is -0.660. The Labute approximate surface area is 122 Å². The van der Waals surface area contributed by atoms with Crippen LogP contribution < -0.4 is 5.73 Å². The topological polar surface area (TPSA) is 96.5 Å². The summed E-state index contributed by atoms with van der Waals surface area (Å²) in [7, 11) is -1.31. The Balaban J connectivity index is 2.65. The van der Waals surface area contributed by atoms with Crippen molar-refractivity contribution in [3.63, 3.8) is 0 Å². The van der Waals surface area contributed by atoms with E-state index in [0.717, 1.165) is 25.8 Å². The second kappa shape index (κ2) is 7.95. The molecule has 0 bridgehead atoms. The molecule has 0 saturated heterocycles. The predicted molar refractivity (Wildman–Crippen MR) is 80.9 cm³/mol. The Morgan fingerprint density at radius 3 is 2.65 bits per heavy atom. The highest BCUT2D eigenvalue weighted by atomic mass is 32.2. The Kier molecular flexibility index (Phi) is 6.91. The van der Waals surface area contributed by atoms with Gasteiger partial charge in [0, 0.05) is 38.9 Å². The Morgan fingerprint density at radius 2 is 2.10 bits per heavy atom. The average molecular weight is 305 g/mol. The summed E-state index contributed by atoms with van der Waals surface area (Å²) < 4.78 is 28.6. The first-order chi connectivity index (χ1) is 9.34. The second-order valence-electron chi connectivity index (χ2n) is 5.58. The van der Waals surface area contributed by atoms with Crippen LogP contribution in [0.5, 0.6) is 0 Å². The van der Waals surface area contributed by atoms with E-state index in [-0.39, 0.29) is 17.1 Å². The van der Waals surface area contributed by atoms with Gasteiger partial charge in [-0.2, -0.15) is 0 Å². The van der Waals surface area contributed by atoms with E-state index in [4.69, 9.17) is 15.9 Å². The van der Waals surface area contributed by atoms with Crippen molar-refractivity contribution in [3.8, 4) is 0 Å². The van der Waals surface area contributed by atoms with Crippen LogP contribution in [0.15, 0.2) is 0 Å². The lowest BCUT2D eigenvalue weighted by Crippen LogP contribution is -2.44. The van der Waals surface area contributed by atoms with E-state index in [1.54, 1.807) is 7.11 Å². The van der Waals surface area contributed by atoms with Gasteiger partial charge in [-0.25, -0.2) is 8.42 Å². The molecule has 20 heavy (non-hydrogen) atoms. The molecule has 118 valence electrons. The largest absolute Gasteiger partial charge is 0.388 e. The number of methoxy groups -OCH3 is 1. The van der Waals surface area contributed by atoms with Crippen LogP contribution in [0.2, 0.25) is 0 Å². The third-order valence-electron chi connectivity index (χ3n) is 3.97. The third kappa shape index (κ3) is 5.76. The van der Waals surface area contributed by atoms with E-state index in [2.05, 4.69) is 4.90 Å². The third-order valence-corrected chi connectivity index (χ3v) is 5.61. The van der Waals surface area contributed by atoms with Crippen LogP contribution in [0.3, 0.4) is 0 Å². The van der Waals surface area contributed by atoms with E-state index in [9.17, 15) is 8.42 Å². The summed E-state index contributed by atoms with van der Waals surface area (Å²) >= 11 is 0. The monoisotopic (exact) mass is 305 g/mol. The molecule has 0 radical (unpaired) electrons. The molecule has 7 heteroatoms. The molecule has 0 aromatic carbocycles. The zero-order valence-corrected chi connectivity index (χ0v) is 13.3. The van der Waals surface area contributed by atoms with Gasteiger partial charge in [0.25, 0.3) is 0 Å². The summed E-state index contributed by atoms with van der Waals surface area (Å²) in [5.74, 6) is 0.169. The number of hydrogen-bond acceptors (Lipinski definition) is 5. The zero-order chi connectivity index (χ0) is 15.2. The lowest BCUT2D eigenvalue weighted by molar-refractivity contribution is 0.105. The first-order valence-corrected chi connectivity index (χ1v) is 9.04. The van der Waals surface area contributed by atoms with Gasteiger partial charge in [0.15, 0.2) is 0 Å². The van der Waals surface area contributed by atoms with Crippen LogP contribution in [0.4, 0.5) is 0 Å². The van der Waals surface area contributed by atoms with Crippen LogP contribution in [-0.2, 0) is 14.6 Å². The summed E-state index contributed by atoms with van der Waals surface area (Å²) in [6.07, 6.45) is 5.24. The molecule has 1 aliphatic rings. The fourth-order valence-corrected chi connectivity index (χ4v) is 3.96. The highest BCUT2D eigenvalue weighted by Gasteiger charge is 2.31. The molecule has 1 rings (SSSR count). The molecule has 0 aromatic heterocycles.